The Hall–Kier alpha value is -3.50. The van der Waals surface area contributed by atoms with Crippen LogP contribution in [0.25, 0.3) is 11.3 Å². The minimum atomic E-state index is -4.06. The highest BCUT2D eigenvalue weighted by Crippen LogP contribution is 2.31. The summed E-state index contributed by atoms with van der Waals surface area (Å²) in [7, 11) is -4.06. The summed E-state index contributed by atoms with van der Waals surface area (Å²) in [6.45, 7) is 9.34. The van der Waals surface area contributed by atoms with Gasteiger partial charge in [-0.15, -0.1) is 0 Å². The van der Waals surface area contributed by atoms with Gasteiger partial charge in [0.15, 0.2) is 0 Å². The first kappa shape index (κ1) is 24.2. The molecule has 2 atom stereocenters. The molecule has 1 amide bonds. The van der Waals surface area contributed by atoms with Crippen LogP contribution in [0, 0.1) is 13.8 Å². The number of amides is 1. The predicted molar refractivity (Wildman–Crippen MR) is 137 cm³/mol. The summed E-state index contributed by atoms with van der Waals surface area (Å²) >= 11 is 0. The summed E-state index contributed by atoms with van der Waals surface area (Å²) in [5, 5.41) is 3.05. The SMILES string of the molecule is Cc1cccc(C)c1-c1cc2nc(n1)NS(=O)(=O)c1cccc(c1)C(=O)N[C@@H]1CN(C(C)C)C[C@H]1O2. The van der Waals surface area contributed by atoms with Gasteiger partial charge in [0, 0.05) is 36.3 Å². The molecule has 4 bridgehead atoms. The van der Waals surface area contributed by atoms with E-state index in [9.17, 15) is 13.2 Å². The summed E-state index contributed by atoms with van der Waals surface area (Å²) in [5.41, 5.74) is 3.68. The highest BCUT2D eigenvalue weighted by Gasteiger charge is 2.37. The lowest BCUT2D eigenvalue weighted by Gasteiger charge is -2.21. The number of aryl methyl sites for hydroxylation is 2. The van der Waals surface area contributed by atoms with Gasteiger partial charge >= 0.3 is 0 Å². The van der Waals surface area contributed by atoms with E-state index in [2.05, 4.69) is 38.8 Å². The maximum Gasteiger partial charge on any atom is 0.264 e. The number of aromatic nitrogens is 2. The van der Waals surface area contributed by atoms with Crippen molar-refractivity contribution in [1.29, 1.82) is 0 Å². The number of carbonyl (C=O) groups is 1. The van der Waals surface area contributed by atoms with E-state index in [1.54, 1.807) is 18.2 Å². The van der Waals surface area contributed by atoms with Gasteiger partial charge in [0.05, 0.1) is 16.6 Å². The maximum atomic E-state index is 13.2. The van der Waals surface area contributed by atoms with Crippen molar-refractivity contribution in [1.82, 2.24) is 20.2 Å². The number of nitrogens with one attached hydrogen (secondary N) is 2. The lowest BCUT2D eigenvalue weighted by Crippen LogP contribution is -2.45. The first-order chi connectivity index (χ1) is 17.1. The summed E-state index contributed by atoms with van der Waals surface area (Å²) in [5.74, 6) is -0.213. The molecule has 9 nitrogen and oxygen atoms in total. The number of rotatable bonds is 2. The van der Waals surface area contributed by atoms with E-state index in [-0.39, 0.29) is 46.4 Å². The van der Waals surface area contributed by atoms with Crippen LogP contribution in [0.3, 0.4) is 0 Å². The van der Waals surface area contributed by atoms with Crippen LogP contribution in [0.5, 0.6) is 5.88 Å². The highest BCUT2D eigenvalue weighted by molar-refractivity contribution is 7.92. The Balaban J connectivity index is 1.67. The van der Waals surface area contributed by atoms with Gasteiger partial charge in [-0.05, 0) is 57.0 Å². The summed E-state index contributed by atoms with van der Waals surface area (Å²) in [6.07, 6.45) is -0.384. The first-order valence-electron chi connectivity index (χ1n) is 11.9. The van der Waals surface area contributed by atoms with E-state index in [4.69, 9.17) is 4.74 Å². The highest BCUT2D eigenvalue weighted by atomic mass is 32.2. The van der Waals surface area contributed by atoms with Crippen LogP contribution in [0.4, 0.5) is 5.95 Å². The van der Waals surface area contributed by atoms with Crippen LogP contribution >= 0.6 is 0 Å². The maximum absolute atomic E-state index is 13.2. The van der Waals surface area contributed by atoms with Gasteiger partial charge in [-0.3, -0.25) is 9.69 Å². The van der Waals surface area contributed by atoms with Gasteiger partial charge in [0.2, 0.25) is 11.8 Å². The van der Waals surface area contributed by atoms with Crippen molar-refractivity contribution in [2.75, 3.05) is 17.8 Å². The van der Waals surface area contributed by atoms with Crippen LogP contribution < -0.4 is 14.8 Å². The van der Waals surface area contributed by atoms with Gasteiger partial charge in [-0.2, -0.15) is 4.98 Å². The molecule has 0 aliphatic carbocycles. The molecule has 1 fully saturated rings. The number of carbonyl (C=O) groups excluding carboxylic acids is 1. The molecule has 2 aromatic carbocycles. The molecule has 1 aromatic heterocycles. The van der Waals surface area contributed by atoms with Crippen molar-refractivity contribution < 1.29 is 17.9 Å². The normalized spacial score (nSPS) is 21.3. The molecule has 188 valence electrons. The number of likely N-dealkylation sites (tertiary alicyclic amines) is 1. The molecule has 0 saturated carbocycles. The Morgan fingerprint density at radius 1 is 1.03 bits per heavy atom. The Bertz CT molecular complexity index is 1420. The fraction of sp³-hybridized carbons (Fsp3) is 0.346. The monoisotopic (exact) mass is 507 g/mol. The second-order valence-electron chi connectivity index (χ2n) is 9.60. The molecular weight excluding hydrogens is 478 g/mol. The number of ether oxygens (including phenoxy) is 1. The minimum Gasteiger partial charge on any atom is -0.471 e. The molecule has 36 heavy (non-hydrogen) atoms. The number of hydrogen-bond donors (Lipinski definition) is 2. The van der Waals surface area contributed by atoms with Crippen molar-refractivity contribution in [3.63, 3.8) is 0 Å². The number of nitrogens with zero attached hydrogens (tertiary/aromatic N) is 3. The lowest BCUT2D eigenvalue weighted by molar-refractivity contribution is 0.0901. The molecule has 0 unspecified atom stereocenters. The lowest BCUT2D eigenvalue weighted by atomic mass is 10.00. The molecule has 2 N–H and O–H groups in total. The first-order valence-corrected chi connectivity index (χ1v) is 13.4. The van der Waals surface area contributed by atoms with Crippen LogP contribution in [0.15, 0.2) is 53.4 Å². The van der Waals surface area contributed by atoms with Crippen molar-refractivity contribution in [2.24, 2.45) is 0 Å². The zero-order chi connectivity index (χ0) is 25.6. The molecule has 3 heterocycles. The van der Waals surface area contributed by atoms with Crippen molar-refractivity contribution in [2.45, 2.75) is 50.8 Å². The van der Waals surface area contributed by atoms with Crippen LogP contribution in [-0.4, -0.2) is 60.5 Å². The Kier molecular flexibility index (Phi) is 6.17. The van der Waals surface area contributed by atoms with E-state index in [0.29, 0.717) is 18.8 Å². The third-order valence-corrected chi connectivity index (χ3v) is 8.01. The number of benzene rings is 2. The largest absolute Gasteiger partial charge is 0.471 e. The molecular formula is C26H29N5O4S. The Morgan fingerprint density at radius 3 is 2.47 bits per heavy atom. The average Bonchev–Trinajstić information content (AvgIpc) is 3.20. The molecule has 2 aliphatic heterocycles. The second kappa shape index (κ2) is 9.18. The minimum absolute atomic E-state index is 0.0512. The molecule has 3 aromatic rings. The van der Waals surface area contributed by atoms with Gasteiger partial charge in [-0.1, -0.05) is 24.3 Å². The topological polar surface area (TPSA) is 114 Å². The molecule has 5 rings (SSSR count). The second-order valence-corrected chi connectivity index (χ2v) is 11.3. The van der Waals surface area contributed by atoms with Crippen LogP contribution in [0.2, 0.25) is 0 Å². The average molecular weight is 508 g/mol. The summed E-state index contributed by atoms with van der Waals surface area (Å²) in [6, 6.07) is 13.5. The van der Waals surface area contributed by atoms with E-state index < -0.39 is 10.0 Å². The molecule has 0 radical (unpaired) electrons. The van der Waals surface area contributed by atoms with Crippen molar-refractivity contribution in [3.8, 4) is 17.1 Å². The number of sulfonamides is 1. The standard InChI is InChI=1S/C26H29N5O4S/c1-15(2)31-13-21-22(14-31)35-23-12-20(24-16(3)7-5-8-17(24)4)28-26(29-23)30-36(33,34)19-10-6-9-18(11-19)25(32)27-21/h5-12,15,21-22H,13-14H2,1-4H3,(H,27,32)(H,28,29,30)/t21-,22-/m1/s1. The fourth-order valence-corrected chi connectivity index (χ4v) is 5.74. The Labute approximate surface area is 211 Å². The molecule has 10 heteroatoms. The van der Waals surface area contributed by atoms with E-state index in [1.165, 1.54) is 12.1 Å². The van der Waals surface area contributed by atoms with E-state index in [0.717, 1.165) is 16.7 Å². The number of hydrogen-bond acceptors (Lipinski definition) is 7. The van der Waals surface area contributed by atoms with Crippen molar-refractivity contribution in [3.05, 3.63) is 65.2 Å². The van der Waals surface area contributed by atoms with E-state index >= 15 is 0 Å². The predicted octanol–water partition coefficient (Wildman–Crippen LogP) is 3.14. The van der Waals surface area contributed by atoms with E-state index in [1.807, 2.05) is 32.0 Å². The fourth-order valence-electron chi connectivity index (χ4n) is 4.75. The molecule has 2 aliphatic rings. The van der Waals surface area contributed by atoms with Gasteiger partial charge in [-0.25, -0.2) is 18.1 Å². The van der Waals surface area contributed by atoms with Gasteiger partial charge in [0.1, 0.15) is 6.10 Å². The number of anilines is 1. The van der Waals surface area contributed by atoms with Gasteiger partial charge < -0.3 is 10.1 Å². The smallest absolute Gasteiger partial charge is 0.264 e. The van der Waals surface area contributed by atoms with Gasteiger partial charge in [0.25, 0.3) is 15.9 Å². The third-order valence-electron chi connectivity index (χ3n) is 6.69. The zero-order valence-electron chi connectivity index (χ0n) is 20.6. The van der Waals surface area contributed by atoms with Crippen LogP contribution in [-0.2, 0) is 10.0 Å². The molecule has 0 spiro atoms. The quantitative estimate of drug-likeness (QED) is 0.548. The Morgan fingerprint density at radius 2 is 1.75 bits per heavy atom. The summed E-state index contributed by atoms with van der Waals surface area (Å²) < 4.78 is 35.2. The van der Waals surface area contributed by atoms with Crippen LogP contribution in [0.1, 0.15) is 35.3 Å². The zero-order valence-corrected chi connectivity index (χ0v) is 21.5. The summed E-state index contributed by atoms with van der Waals surface area (Å²) in [4.78, 5) is 24.2. The number of fused-ring (bicyclic) bond motifs is 5. The van der Waals surface area contributed by atoms with Crippen molar-refractivity contribution >= 4 is 21.9 Å². The third kappa shape index (κ3) is 4.66. The molecule has 1 saturated heterocycles.